The number of hydrogen-bond donors (Lipinski definition) is 1. The highest BCUT2D eigenvalue weighted by Crippen LogP contribution is 2.24. The second-order valence-electron chi connectivity index (χ2n) is 5.51. The largest absolute Gasteiger partial charge is 0.335 e. The zero-order valence-corrected chi connectivity index (χ0v) is 11.1. The molecule has 0 aromatic rings. The van der Waals surface area contributed by atoms with Gasteiger partial charge in [0.2, 0.25) is 0 Å². The van der Waals surface area contributed by atoms with Gasteiger partial charge in [-0.25, -0.2) is 4.79 Å². The summed E-state index contributed by atoms with van der Waals surface area (Å²) in [7, 11) is 0. The Morgan fingerprint density at radius 3 is 2.24 bits per heavy atom. The van der Waals surface area contributed by atoms with Crippen molar-refractivity contribution >= 4 is 6.03 Å². The quantitative estimate of drug-likeness (QED) is 0.804. The summed E-state index contributed by atoms with van der Waals surface area (Å²) in [4.78, 5) is 14.3. The van der Waals surface area contributed by atoms with Gasteiger partial charge < -0.3 is 10.2 Å². The third-order valence-corrected chi connectivity index (χ3v) is 4.30. The highest BCUT2D eigenvalue weighted by Gasteiger charge is 2.26. The van der Waals surface area contributed by atoms with E-state index >= 15 is 0 Å². The SMILES string of the molecule is CCN(C(=O)NC1CCCCC1)C1CCCC1. The summed E-state index contributed by atoms with van der Waals surface area (Å²) in [6.45, 7) is 2.95. The second-order valence-corrected chi connectivity index (χ2v) is 5.51. The van der Waals surface area contributed by atoms with Gasteiger partial charge in [-0.05, 0) is 32.6 Å². The first-order valence-corrected chi connectivity index (χ1v) is 7.38. The highest BCUT2D eigenvalue weighted by atomic mass is 16.2. The van der Waals surface area contributed by atoms with Crippen LogP contribution in [0.15, 0.2) is 0 Å². The second kappa shape index (κ2) is 6.27. The maximum Gasteiger partial charge on any atom is 0.317 e. The molecule has 0 heterocycles. The standard InChI is InChI=1S/C14H26N2O/c1-2-16(13-10-6-7-11-13)14(17)15-12-8-4-3-5-9-12/h12-13H,2-11H2,1H3,(H,15,17). The zero-order chi connectivity index (χ0) is 12.1. The fourth-order valence-corrected chi connectivity index (χ4v) is 3.29. The molecule has 0 aromatic carbocycles. The van der Waals surface area contributed by atoms with Crippen molar-refractivity contribution in [1.82, 2.24) is 10.2 Å². The molecule has 1 N–H and O–H groups in total. The third-order valence-electron chi connectivity index (χ3n) is 4.30. The van der Waals surface area contributed by atoms with Crippen LogP contribution in [0.1, 0.15) is 64.7 Å². The summed E-state index contributed by atoms with van der Waals surface area (Å²) in [6.07, 6.45) is 11.2. The van der Waals surface area contributed by atoms with E-state index in [0.29, 0.717) is 12.1 Å². The smallest absolute Gasteiger partial charge is 0.317 e. The van der Waals surface area contributed by atoms with Crippen molar-refractivity contribution in [2.24, 2.45) is 0 Å². The normalized spacial score (nSPS) is 22.6. The Balaban J connectivity index is 1.83. The average molecular weight is 238 g/mol. The van der Waals surface area contributed by atoms with Crippen molar-refractivity contribution in [2.45, 2.75) is 76.8 Å². The fraction of sp³-hybridized carbons (Fsp3) is 0.929. The van der Waals surface area contributed by atoms with Crippen molar-refractivity contribution in [3.63, 3.8) is 0 Å². The van der Waals surface area contributed by atoms with E-state index in [1.54, 1.807) is 0 Å². The molecule has 0 spiro atoms. The molecule has 3 heteroatoms. The monoisotopic (exact) mass is 238 g/mol. The molecule has 0 aromatic heterocycles. The number of carbonyl (C=O) groups excluding carboxylic acids is 1. The van der Waals surface area contributed by atoms with Gasteiger partial charge in [0, 0.05) is 18.6 Å². The van der Waals surface area contributed by atoms with E-state index in [1.807, 2.05) is 0 Å². The summed E-state index contributed by atoms with van der Waals surface area (Å²) in [6, 6.07) is 1.13. The molecule has 3 nitrogen and oxygen atoms in total. The first kappa shape index (κ1) is 12.7. The third kappa shape index (κ3) is 3.36. The molecule has 2 amide bonds. The van der Waals surface area contributed by atoms with E-state index in [1.165, 1.54) is 57.8 Å². The number of amides is 2. The minimum Gasteiger partial charge on any atom is -0.335 e. The molecule has 0 unspecified atom stereocenters. The predicted octanol–water partition coefficient (Wildman–Crippen LogP) is 3.29. The average Bonchev–Trinajstić information content (AvgIpc) is 2.85. The van der Waals surface area contributed by atoms with Crippen LogP contribution < -0.4 is 5.32 Å². The molecular weight excluding hydrogens is 212 g/mol. The van der Waals surface area contributed by atoms with Gasteiger partial charge in [-0.3, -0.25) is 0 Å². The van der Waals surface area contributed by atoms with Crippen molar-refractivity contribution in [2.75, 3.05) is 6.54 Å². The molecule has 0 bridgehead atoms. The zero-order valence-electron chi connectivity index (χ0n) is 11.1. The van der Waals surface area contributed by atoms with Gasteiger partial charge in [-0.15, -0.1) is 0 Å². The summed E-state index contributed by atoms with van der Waals surface area (Å²) in [5, 5.41) is 3.23. The Morgan fingerprint density at radius 2 is 1.65 bits per heavy atom. The lowest BCUT2D eigenvalue weighted by Gasteiger charge is -2.31. The van der Waals surface area contributed by atoms with Crippen LogP contribution >= 0.6 is 0 Å². The minimum absolute atomic E-state index is 0.186. The molecule has 0 radical (unpaired) electrons. The molecule has 2 rings (SSSR count). The fourth-order valence-electron chi connectivity index (χ4n) is 3.29. The van der Waals surface area contributed by atoms with Gasteiger partial charge in [-0.2, -0.15) is 0 Å². The number of nitrogens with one attached hydrogen (secondary N) is 1. The number of rotatable bonds is 3. The van der Waals surface area contributed by atoms with Gasteiger partial charge in [0.05, 0.1) is 0 Å². The number of nitrogens with zero attached hydrogens (tertiary/aromatic N) is 1. The molecule has 2 fully saturated rings. The van der Waals surface area contributed by atoms with Gasteiger partial charge in [0.1, 0.15) is 0 Å². The first-order valence-electron chi connectivity index (χ1n) is 7.38. The summed E-state index contributed by atoms with van der Waals surface area (Å²) in [5.74, 6) is 0. The molecule has 0 aliphatic heterocycles. The van der Waals surface area contributed by atoms with Gasteiger partial charge in [0.25, 0.3) is 0 Å². The van der Waals surface area contributed by atoms with E-state index < -0.39 is 0 Å². The molecular formula is C14H26N2O. The maximum absolute atomic E-state index is 12.2. The van der Waals surface area contributed by atoms with E-state index in [0.717, 1.165) is 6.54 Å². The lowest BCUT2D eigenvalue weighted by atomic mass is 9.96. The number of hydrogen-bond acceptors (Lipinski definition) is 1. The van der Waals surface area contributed by atoms with Crippen LogP contribution in [-0.2, 0) is 0 Å². The van der Waals surface area contributed by atoms with E-state index in [-0.39, 0.29) is 6.03 Å². The molecule has 98 valence electrons. The van der Waals surface area contributed by atoms with Gasteiger partial charge in [0.15, 0.2) is 0 Å². The first-order chi connectivity index (χ1) is 8.31. The van der Waals surface area contributed by atoms with Crippen molar-refractivity contribution < 1.29 is 4.79 Å². The van der Waals surface area contributed by atoms with Gasteiger partial charge >= 0.3 is 6.03 Å². The van der Waals surface area contributed by atoms with E-state index in [9.17, 15) is 4.79 Å². The van der Waals surface area contributed by atoms with Crippen molar-refractivity contribution in [3.05, 3.63) is 0 Å². The lowest BCUT2D eigenvalue weighted by Crippen LogP contribution is -2.48. The van der Waals surface area contributed by atoms with Crippen LogP contribution in [0.3, 0.4) is 0 Å². The molecule has 0 atom stereocenters. The van der Waals surface area contributed by atoms with Gasteiger partial charge in [-0.1, -0.05) is 32.1 Å². The van der Waals surface area contributed by atoms with Crippen LogP contribution in [0.5, 0.6) is 0 Å². The molecule has 2 aliphatic rings. The molecule has 2 saturated carbocycles. The Labute approximate surface area is 105 Å². The minimum atomic E-state index is 0.186. The van der Waals surface area contributed by atoms with Crippen LogP contribution in [0.2, 0.25) is 0 Å². The molecule has 2 aliphatic carbocycles. The lowest BCUT2D eigenvalue weighted by molar-refractivity contribution is 0.172. The highest BCUT2D eigenvalue weighted by molar-refractivity contribution is 5.74. The maximum atomic E-state index is 12.2. The Kier molecular flexibility index (Phi) is 4.69. The summed E-state index contributed by atoms with van der Waals surface area (Å²) >= 11 is 0. The van der Waals surface area contributed by atoms with Crippen molar-refractivity contribution in [3.8, 4) is 0 Å². The Bertz CT molecular complexity index is 243. The number of urea groups is 1. The Hall–Kier alpha value is -0.730. The van der Waals surface area contributed by atoms with Crippen LogP contribution in [0.4, 0.5) is 4.79 Å². The molecule has 0 saturated heterocycles. The summed E-state index contributed by atoms with van der Waals surface area (Å²) < 4.78 is 0. The predicted molar refractivity (Wildman–Crippen MR) is 70.0 cm³/mol. The van der Waals surface area contributed by atoms with Crippen LogP contribution in [-0.4, -0.2) is 29.6 Å². The molecule has 17 heavy (non-hydrogen) atoms. The topological polar surface area (TPSA) is 32.3 Å². The van der Waals surface area contributed by atoms with Crippen LogP contribution in [0.25, 0.3) is 0 Å². The summed E-state index contributed by atoms with van der Waals surface area (Å²) in [5.41, 5.74) is 0. The van der Waals surface area contributed by atoms with Crippen LogP contribution in [0, 0.1) is 0 Å². The van der Waals surface area contributed by atoms with E-state index in [2.05, 4.69) is 17.1 Å². The Morgan fingerprint density at radius 1 is 1.06 bits per heavy atom. The van der Waals surface area contributed by atoms with Crippen molar-refractivity contribution in [1.29, 1.82) is 0 Å². The number of carbonyl (C=O) groups is 1. The van der Waals surface area contributed by atoms with E-state index in [4.69, 9.17) is 0 Å².